The maximum atomic E-state index is 13.4. The summed E-state index contributed by atoms with van der Waals surface area (Å²) in [6, 6.07) is 18.1. The average Bonchev–Trinajstić information content (AvgIpc) is 3.34. The van der Waals surface area contributed by atoms with Crippen molar-refractivity contribution in [3.63, 3.8) is 0 Å². The minimum absolute atomic E-state index is 0.172. The van der Waals surface area contributed by atoms with Crippen molar-refractivity contribution in [2.75, 3.05) is 26.9 Å². The van der Waals surface area contributed by atoms with E-state index in [1.54, 1.807) is 25.2 Å². The number of carbonyl (C=O) groups excluding carboxylic acids is 2. The van der Waals surface area contributed by atoms with Gasteiger partial charge in [0, 0.05) is 29.7 Å². The van der Waals surface area contributed by atoms with Crippen LogP contribution in [0.4, 0.5) is 0 Å². The van der Waals surface area contributed by atoms with Crippen molar-refractivity contribution in [2.45, 2.75) is 12.5 Å². The van der Waals surface area contributed by atoms with Crippen molar-refractivity contribution in [3.05, 3.63) is 83.6 Å². The number of nitrogens with one attached hydrogen (secondary N) is 3. The largest absolute Gasteiger partial charge is 0.486 e. The molecule has 4 aromatic rings. The second-order valence-electron chi connectivity index (χ2n) is 8.62. The second kappa shape index (κ2) is 10.1. The van der Waals surface area contributed by atoms with E-state index in [1.807, 2.05) is 48.7 Å². The van der Waals surface area contributed by atoms with E-state index in [0.717, 1.165) is 27.6 Å². The standard InChI is InChI=1S/C28H27N3O5/c1-29-27(33)18-8-6-17(7-9-18)19-13-23(26-25(14-19)35-10-11-36-26)28(34)31-21(16-32)12-20-15-30-24-5-3-2-4-22(20)24/h2-9,13-15,21,30,32H,10-12,16H2,1H3,(H,29,33)(H,31,34)/t21-/m1/s1. The first-order valence-electron chi connectivity index (χ1n) is 11.8. The van der Waals surface area contributed by atoms with Crippen molar-refractivity contribution in [1.29, 1.82) is 0 Å². The lowest BCUT2D eigenvalue weighted by molar-refractivity contribution is 0.0905. The smallest absolute Gasteiger partial charge is 0.255 e. The van der Waals surface area contributed by atoms with Gasteiger partial charge in [0.05, 0.1) is 18.2 Å². The molecule has 0 saturated heterocycles. The molecule has 8 nitrogen and oxygen atoms in total. The Kier molecular flexibility index (Phi) is 6.60. The molecule has 0 bridgehead atoms. The molecule has 8 heteroatoms. The molecule has 0 spiro atoms. The molecule has 2 heterocycles. The van der Waals surface area contributed by atoms with Crippen LogP contribution in [0.5, 0.6) is 11.5 Å². The SMILES string of the molecule is CNC(=O)c1ccc(-c2cc3c(c(C(=O)N[C@@H](CO)Cc4c[nH]c5ccccc45)c2)OCCO3)cc1. The van der Waals surface area contributed by atoms with Crippen LogP contribution in [0.1, 0.15) is 26.3 Å². The van der Waals surface area contributed by atoms with Crippen molar-refractivity contribution >= 4 is 22.7 Å². The number of aliphatic hydroxyl groups excluding tert-OH is 1. The Morgan fingerprint density at radius 1 is 1.00 bits per heavy atom. The average molecular weight is 486 g/mol. The molecule has 36 heavy (non-hydrogen) atoms. The van der Waals surface area contributed by atoms with Gasteiger partial charge in [0.25, 0.3) is 11.8 Å². The second-order valence-corrected chi connectivity index (χ2v) is 8.62. The fraction of sp³-hybridized carbons (Fsp3) is 0.214. The maximum Gasteiger partial charge on any atom is 0.255 e. The molecule has 0 unspecified atom stereocenters. The molecule has 1 aromatic heterocycles. The Labute approximate surface area is 208 Å². The summed E-state index contributed by atoms with van der Waals surface area (Å²) in [7, 11) is 1.58. The number of H-pyrrole nitrogens is 1. The van der Waals surface area contributed by atoms with Crippen LogP contribution in [0.25, 0.3) is 22.0 Å². The third-order valence-corrected chi connectivity index (χ3v) is 6.29. The monoisotopic (exact) mass is 485 g/mol. The van der Waals surface area contributed by atoms with Gasteiger partial charge in [0.1, 0.15) is 13.2 Å². The van der Waals surface area contributed by atoms with Crippen LogP contribution < -0.4 is 20.1 Å². The Bertz CT molecular complexity index is 1410. The minimum atomic E-state index is -0.493. The Balaban J connectivity index is 1.43. The van der Waals surface area contributed by atoms with Crippen molar-refractivity contribution in [2.24, 2.45) is 0 Å². The summed E-state index contributed by atoms with van der Waals surface area (Å²) >= 11 is 0. The molecule has 4 N–H and O–H groups in total. The van der Waals surface area contributed by atoms with E-state index in [9.17, 15) is 14.7 Å². The molecule has 0 fully saturated rings. The molecule has 3 aromatic carbocycles. The first-order chi connectivity index (χ1) is 17.6. The number of fused-ring (bicyclic) bond motifs is 2. The third kappa shape index (κ3) is 4.63. The van der Waals surface area contributed by atoms with Crippen LogP contribution in [0.2, 0.25) is 0 Å². The number of para-hydroxylation sites is 1. The predicted octanol–water partition coefficient (Wildman–Crippen LogP) is 3.30. The minimum Gasteiger partial charge on any atom is -0.486 e. The van der Waals surface area contributed by atoms with Gasteiger partial charge in [-0.15, -0.1) is 0 Å². The molecule has 184 valence electrons. The number of hydrogen-bond acceptors (Lipinski definition) is 5. The highest BCUT2D eigenvalue weighted by Crippen LogP contribution is 2.38. The number of benzene rings is 3. The topological polar surface area (TPSA) is 113 Å². The highest BCUT2D eigenvalue weighted by molar-refractivity contribution is 6.00. The lowest BCUT2D eigenvalue weighted by atomic mass is 9.99. The zero-order valence-electron chi connectivity index (χ0n) is 19.8. The number of aliphatic hydroxyl groups is 1. The molecule has 1 atom stereocenters. The van der Waals surface area contributed by atoms with Crippen LogP contribution >= 0.6 is 0 Å². The van der Waals surface area contributed by atoms with Gasteiger partial charge in [-0.3, -0.25) is 9.59 Å². The summed E-state index contributed by atoms with van der Waals surface area (Å²) in [5.74, 6) is 0.332. The van der Waals surface area contributed by atoms with Crippen LogP contribution in [0.3, 0.4) is 0 Å². The van der Waals surface area contributed by atoms with E-state index in [0.29, 0.717) is 42.3 Å². The van der Waals surface area contributed by atoms with Gasteiger partial charge < -0.3 is 30.2 Å². The van der Waals surface area contributed by atoms with Crippen LogP contribution in [0, 0.1) is 0 Å². The molecule has 1 aliphatic heterocycles. The lowest BCUT2D eigenvalue weighted by Crippen LogP contribution is -2.39. The van der Waals surface area contributed by atoms with E-state index >= 15 is 0 Å². The molecule has 0 radical (unpaired) electrons. The van der Waals surface area contributed by atoms with E-state index in [1.165, 1.54) is 0 Å². The summed E-state index contributed by atoms with van der Waals surface area (Å²) in [5, 5.41) is 16.7. The molecule has 2 amide bonds. The highest BCUT2D eigenvalue weighted by atomic mass is 16.6. The van der Waals surface area contributed by atoms with Gasteiger partial charge >= 0.3 is 0 Å². The normalized spacial score (nSPS) is 13.3. The van der Waals surface area contributed by atoms with Crippen LogP contribution in [0.15, 0.2) is 66.9 Å². The fourth-order valence-corrected chi connectivity index (χ4v) is 4.44. The first-order valence-corrected chi connectivity index (χ1v) is 11.8. The summed E-state index contributed by atoms with van der Waals surface area (Å²) in [4.78, 5) is 28.5. The van der Waals surface area contributed by atoms with Gasteiger partial charge in [-0.05, 0) is 53.4 Å². The summed E-state index contributed by atoms with van der Waals surface area (Å²) < 4.78 is 11.6. The number of hydrogen-bond donors (Lipinski definition) is 4. The maximum absolute atomic E-state index is 13.4. The summed E-state index contributed by atoms with van der Waals surface area (Å²) in [6.07, 6.45) is 2.37. The van der Waals surface area contributed by atoms with E-state index in [2.05, 4.69) is 15.6 Å². The third-order valence-electron chi connectivity index (χ3n) is 6.29. The van der Waals surface area contributed by atoms with Gasteiger partial charge in [-0.1, -0.05) is 30.3 Å². The summed E-state index contributed by atoms with van der Waals surface area (Å²) in [5.41, 5.74) is 4.47. The number of carbonyl (C=O) groups is 2. The van der Waals surface area contributed by atoms with Crippen molar-refractivity contribution in [3.8, 4) is 22.6 Å². The molecule has 1 aliphatic rings. The predicted molar refractivity (Wildman–Crippen MR) is 137 cm³/mol. The first kappa shape index (κ1) is 23.4. The quantitative estimate of drug-likeness (QED) is 0.321. The van der Waals surface area contributed by atoms with Crippen molar-refractivity contribution in [1.82, 2.24) is 15.6 Å². The number of amides is 2. The lowest BCUT2D eigenvalue weighted by Gasteiger charge is -2.23. The van der Waals surface area contributed by atoms with E-state index < -0.39 is 6.04 Å². The van der Waals surface area contributed by atoms with E-state index in [-0.39, 0.29) is 18.4 Å². The molecular formula is C28H27N3O5. The Morgan fingerprint density at radius 3 is 2.56 bits per heavy atom. The Hall–Kier alpha value is -4.30. The van der Waals surface area contributed by atoms with Gasteiger partial charge in [0.2, 0.25) is 0 Å². The van der Waals surface area contributed by atoms with E-state index in [4.69, 9.17) is 9.47 Å². The molecule has 0 aliphatic carbocycles. The fourth-order valence-electron chi connectivity index (χ4n) is 4.44. The van der Waals surface area contributed by atoms with Crippen LogP contribution in [-0.2, 0) is 6.42 Å². The number of aromatic nitrogens is 1. The molecule has 5 rings (SSSR count). The highest BCUT2D eigenvalue weighted by Gasteiger charge is 2.25. The van der Waals surface area contributed by atoms with Crippen LogP contribution in [-0.4, -0.2) is 54.8 Å². The molecular weight excluding hydrogens is 458 g/mol. The van der Waals surface area contributed by atoms with Gasteiger partial charge in [-0.25, -0.2) is 0 Å². The number of aromatic amines is 1. The number of ether oxygens (including phenoxy) is 2. The Morgan fingerprint density at radius 2 is 1.78 bits per heavy atom. The molecule has 0 saturated carbocycles. The number of rotatable bonds is 7. The van der Waals surface area contributed by atoms with Gasteiger partial charge in [0.15, 0.2) is 11.5 Å². The summed E-state index contributed by atoms with van der Waals surface area (Å²) in [6.45, 7) is 0.505. The van der Waals surface area contributed by atoms with Crippen molar-refractivity contribution < 1.29 is 24.2 Å². The van der Waals surface area contributed by atoms with Gasteiger partial charge in [-0.2, -0.15) is 0 Å². The zero-order chi connectivity index (χ0) is 25.1. The zero-order valence-corrected chi connectivity index (χ0v) is 19.8.